The SMILES string of the molecule is CCC1(CC)c2cc(/C=C/c3ccc(-c4cc(C5=CCCC=C5)ccc4C)cc3)ccc2-c2ccc(N(C3=CCCC=C3)c3ccccc3)cc21. The number of rotatable bonds is 9. The number of nitrogens with zero attached hydrogens (tertiary/aromatic N) is 1. The van der Waals surface area contributed by atoms with Crippen molar-refractivity contribution >= 4 is 29.1 Å². The largest absolute Gasteiger partial charge is 0.311 e. The van der Waals surface area contributed by atoms with Gasteiger partial charge in [-0.3, -0.25) is 0 Å². The average molecular weight is 662 g/mol. The zero-order valence-electron chi connectivity index (χ0n) is 30.2. The van der Waals surface area contributed by atoms with Crippen LogP contribution in [0, 0.1) is 6.92 Å². The van der Waals surface area contributed by atoms with Crippen LogP contribution in [-0.2, 0) is 5.41 Å². The molecule has 0 saturated carbocycles. The maximum Gasteiger partial charge on any atom is 0.0464 e. The van der Waals surface area contributed by atoms with Gasteiger partial charge < -0.3 is 4.90 Å². The number of hydrogen-bond donors (Lipinski definition) is 0. The molecule has 0 amide bonds. The Balaban J connectivity index is 1.09. The third-order valence-electron chi connectivity index (χ3n) is 11.3. The smallest absolute Gasteiger partial charge is 0.0464 e. The van der Waals surface area contributed by atoms with Gasteiger partial charge in [0.15, 0.2) is 0 Å². The Kier molecular flexibility index (Phi) is 9.05. The molecule has 0 spiro atoms. The second-order valence-electron chi connectivity index (χ2n) is 14.2. The summed E-state index contributed by atoms with van der Waals surface area (Å²) in [6.45, 7) is 6.93. The first kappa shape index (κ1) is 32.8. The molecule has 0 saturated heterocycles. The van der Waals surface area contributed by atoms with E-state index in [0.29, 0.717) is 0 Å². The summed E-state index contributed by atoms with van der Waals surface area (Å²) < 4.78 is 0. The van der Waals surface area contributed by atoms with E-state index in [4.69, 9.17) is 0 Å². The minimum Gasteiger partial charge on any atom is -0.311 e. The lowest BCUT2D eigenvalue weighted by Crippen LogP contribution is -2.24. The molecule has 3 aliphatic carbocycles. The number of allylic oxidation sites excluding steroid dienone is 7. The predicted molar refractivity (Wildman–Crippen MR) is 220 cm³/mol. The van der Waals surface area contributed by atoms with Crippen LogP contribution in [0.25, 0.3) is 40.0 Å². The summed E-state index contributed by atoms with van der Waals surface area (Å²) in [7, 11) is 0. The molecular weight excluding hydrogens is 615 g/mol. The van der Waals surface area contributed by atoms with Gasteiger partial charge in [-0.25, -0.2) is 0 Å². The van der Waals surface area contributed by atoms with Gasteiger partial charge in [-0.2, -0.15) is 0 Å². The van der Waals surface area contributed by atoms with Crippen molar-refractivity contribution in [2.75, 3.05) is 4.90 Å². The van der Waals surface area contributed by atoms with Crippen molar-refractivity contribution in [3.63, 3.8) is 0 Å². The molecule has 0 radical (unpaired) electrons. The van der Waals surface area contributed by atoms with Crippen molar-refractivity contribution in [3.05, 3.63) is 185 Å². The first-order chi connectivity index (χ1) is 25.1. The van der Waals surface area contributed by atoms with E-state index >= 15 is 0 Å². The van der Waals surface area contributed by atoms with E-state index in [1.54, 1.807) is 0 Å². The Morgan fingerprint density at radius 1 is 0.569 bits per heavy atom. The van der Waals surface area contributed by atoms with Crippen LogP contribution in [0.15, 0.2) is 151 Å². The highest BCUT2D eigenvalue weighted by Gasteiger charge is 2.41. The molecule has 51 heavy (non-hydrogen) atoms. The minimum absolute atomic E-state index is 0.0266. The molecule has 8 rings (SSSR count). The molecule has 0 fully saturated rings. The Labute approximate surface area is 304 Å². The summed E-state index contributed by atoms with van der Waals surface area (Å²) in [4.78, 5) is 2.43. The van der Waals surface area contributed by atoms with E-state index in [1.807, 2.05) is 0 Å². The van der Waals surface area contributed by atoms with Gasteiger partial charge in [0.1, 0.15) is 0 Å². The first-order valence-electron chi connectivity index (χ1n) is 18.9. The minimum atomic E-state index is -0.0266. The van der Waals surface area contributed by atoms with E-state index in [0.717, 1.165) is 38.5 Å². The van der Waals surface area contributed by atoms with E-state index in [2.05, 4.69) is 183 Å². The van der Waals surface area contributed by atoms with Crippen LogP contribution in [0.4, 0.5) is 11.4 Å². The zero-order chi connectivity index (χ0) is 34.8. The highest BCUT2D eigenvalue weighted by atomic mass is 15.1. The third kappa shape index (κ3) is 6.16. The summed E-state index contributed by atoms with van der Waals surface area (Å²) in [6, 6.07) is 41.0. The van der Waals surface area contributed by atoms with Gasteiger partial charge in [0.05, 0.1) is 0 Å². The summed E-state index contributed by atoms with van der Waals surface area (Å²) in [5.74, 6) is 0. The van der Waals surface area contributed by atoms with Crippen LogP contribution in [0.1, 0.15) is 85.8 Å². The third-order valence-corrected chi connectivity index (χ3v) is 11.3. The first-order valence-corrected chi connectivity index (χ1v) is 18.9. The second kappa shape index (κ2) is 14.1. The molecular formula is C50H47N. The van der Waals surface area contributed by atoms with Gasteiger partial charge in [-0.05, 0) is 143 Å². The number of anilines is 2. The quantitative estimate of drug-likeness (QED) is 0.142. The van der Waals surface area contributed by atoms with Crippen molar-refractivity contribution in [2.45, 2.75) is 64.7 Å². The highest BCUT2D eigenvalue weighted by Crippen LogP contribution is 2.54. The lowest BCUT2D eigenvalue weighted by Gasteiger charge is -2.32. The molecule has 0 aromatic heterocycles. The fourth-order valence-electron chi connectivity index (χ4n) is 8.45. The van der Waals surface area contributed by atoms with E-state index in [1.165, 1.54) is 78.3 Å². The zero-order valence-corrected chi connectivity index (χ0v) is 30.2. The topological polar surface area (TPSA) is 3.24 Å². The van der Waals surface area contributed by atoms with E-state index in [9.17, 15) is 0 Å². The van der Waals surface area contributed by atoms with Crippen LogP contribution >= 0.6 is 0 Å². The summed E-state index contributed by atoms with van der Waals surface area (Å²) >= 11 is 0. The van der Waals surface area contributed by atoms with Crippen LogP contribution in [-0.4, -0.2) is 0 Å². The number of para-hydroxylation sites is 1. The number of benzene rings is 5. The fourth-order valence-corrected chi connectivity index (χ4v) is 8.45. The number of hydrogen-bond acceptors (Lipinski definition) is 1. The Bertz CT molecular complexity index is 2220. The van der Waals surface area contributed by atoms with Crippen LogP contribution in [0.3, 0.4) is 0 Å². The average Bonchev–Trinajstić information content (AvgIpc) is 3.47. The van der Waals surface area contributed by atoms with Crippen molar-refractivity contribution < 1.29 is 0 Å². The highest BCUT2D eigenvalue weighted by molar-refractivity contribution is 5.86. The molecule has 0 heterocycles. The lowest BCUT2D eigenvalue weighted by molar-refractivity contribution is 0.490. The molecule has 0 bridgehead atoms. The predicted octanol–water partition coefficient (Wildman–Crippen LogP) is 14.0. The fraction of sp³-hybridized carbons (Fsp3) is 0.200. The van der Waals surface area contributed by atoms with Gasteiger partial charge in [-0.15, -0.1) is 0 Å². The summed E-state index contributed by atoms with van der Waals surface area (Å²) in [5.41, 5.74) is 18.3. The Hall–Kier alpha value is -5.40. The second-order valence-corrected chi connectivity index (χ2v) is 14.2. The molecule has 0 unspecified atom stereocenters. The van der Waals surface area contributed by atoms with E-state index < -0.39 is 0 Å². The molecule has 1 nitrogen and oxygen atoms in total. The van der Waals surface area contributed by atoms with Gasteiger partial charge in [0.2, 0.25) is 0 Å². The molecule has 0 aliphatic heterocycles. The van der Waals surface area contributed by atoms with Crippen LogP contribution in [0.5, 0.6) is 0 Å². The maximum atomic E-state index is 2.48. The maximum absolute atomic E-state index is 2.48. The van der Waals surface area contributed by atoms with Crippen LogP contribution < -0.4 is 4.90 Å². The lowest BCUT2D eigenvalue weighted by atomic mass is 9.73. The van der Waals surface area contributed by atoms with Gasteiger partial charge in [0, 0.05) is 22.5 Å². The van der Waals surface area contributed by atoms with Crippen molar-refractivity contribution in [3.8, 4) is 22.3 Å². The summed E-state index contributed by atoms with van der Waals surface area (Å²) in [6.07, 6.45) is 25.0. The van der Waals surface area contributed by atoms with Crippen molar-refractivity contribution in [1.29, 1.82) is 0 Å². The molecule has 252 valence electrons. The molecule has 3 aliphatic rings. The van der Waals surface area contributed by atoms with Gasteiger partial charge in [0.25, 0.3) is 0 Å². The number of aryl methyl sites for hydroxylation is 1. The standard InChI is InChI=1S/C50H47N/c1-4-50(5-2)48-33-38(23-22-37-24-28-40(29-25-37)47-34-41(27-21-36(47)3)39-15-9-6-10-16-39)26-31-45(48)46-32-30-44(35-49(46)50)51(42-17-11-7-12-18-42)43-19-13-8-14-20-43/h7,9,11-13,15-35H,4-6,8,10,14H2,1-3H3/b23-22+. The van der Waals surface area contributed by atoms with E-state index in [-0.39, 0.29) is 5.41 Å². The monoisotopic (exact) mass is 661 g/mol. The molecule has 5 aromatic carbocycles. The van der Waals surface area contributed by atoms with Crippen molar-refractivity contribution in [1.82, 2.24) is 0 Å². The molecule has 5 aromatic rings. The molecule has 0 atom stereocenters. The van der Waals surface area contributed by atoms with Gasteiger partial charge >= 0.3 is 0 Å². The summed E-state index contributed by atoms with van der Waals surface area (Å²) in [5, 5.41) is 0. The molecule has 1 heteroatoms. The number of fused-ring (bicyclic) bond motifs is 3. The van der Waals surface area contributed by atoms with Crippen molar-refractivity contribution in [2.24, 2.45) is 0 Å². The molecule has 0 N–H and O–H groups in total. The Morgan fingerprint density at radius 2 is 1.24 bits per heavy atom. The van der Waals surface area contributed by atoms with Crippen LogP contribution in [0.2, 0.25) is 0 Å². The Morgan fingerprint density at radius 3 is 1.94 bits per heavy atom. The normalized spacial score (nSPS) is 15.7. The van der Waals surface area contributed by atoms with Gasteiger partial charge in [-0.1, -0.05) is 135 Å².